The van der Waals surface area contributed by atoms with Gasteiger partial charge in [-0.05, 0) is 32.9 Å². The van der Waals surface area contributed by atoms with Crippen molar-refractivity contribution in [1.82, 2.24) is 14.8 Å². The van der Waals surface area contributed by atoms with Gasteiger partial charge in [-0.3, -0.25) is 24.4 Å². The van der Waals surface area contributed by atoms with Crippen LogP contribution in [0.25, 0.3) is 0 Å². The molecule has 26 heavy (non-hydrogen) atoms. The van der Waals surface area contributed by atoms with E-state index in [1.54, 1.807) is 12.1 Å². The molecule has 0 spiro atoms. The van der Waals surface area contributed by atoms with E-state index in [9.17, 15) is 19.7 Å². The van der Waals surface area contributed by atoms with Crippen LogP contribution in [-0.4, -0.2) is 37.7 Å². The molecule has 2 heterocycles. The maximum absolute atomic E-state index is 12.1. The number of halogens is 1. The largest absolute Gasteiger partial charge is 0.451 e. The van der Waals surface area contributed by atoms with Crippen molar-refractivity contribution in [2.75, 3.05) is 5.32 Å². The van der Waals surface area contributed by atoms with E-state index in [0.29, 0.717) is 0 Å². The molecule has 1 atom stereocenters. The number of anilines is 1. The maximum Gasteiger partial charge on any atom is 0.328 e. The summed E-state index contributed by atoms with van der Waals surface area (Å²) in [5.74, 6) is -1.35. The van der Waals surface area contributed by atoms with Crippen LogP contribution in [0.15, 0.2) is 18.3 Å². The number of aromatic nitrogens is 3. The van der Waals surface area contributed by atoms with Gasteiger partial charge in [0, 0.05) is 6.20 Å². The van der Waals surface area contributed by atoms with E-state index in [0.717, 1.165) is 0 Å². The molecule has 10 nitrogen and oxygen atoms in total. The Balaban J connectivity index is 1.99. The lowest BCUT2D eigenvalue weighted by atomic mass is 10.3. The number of pyridine rings is 1. The van der Waals surface area contributed by atoms with Crippen LogP contribution >= 0.6 is 11.6 Å². The number of rotatable bonds is 6. The highest BCUT2D eigenvalue weighted by Gasteiger charge is 2.24. The summed E-state index contributed by atoms with van der Waals surface area (Å²) >= 11 is 5.85. The number of nitrogens with one attached hydrogen (secondary N) is 1. The number of nitrogens with zero attached hydrogens (tertiary/aromatic N) is 4. The van der Waals surface area contributed by atoms with E-state index in [1.165, 1.54) is 31.6 Å². The molecule has 0 saturated heterocycles. The topological polar surface area (TPSA) is 129 Å². The van der Waals surface area contributed by atoms with Gasteiger partial charge in [-0.25, -0.2) is 4.98 Å². The number of amides is 1. The average molecular weight is 382 g/mol. The lowest BCUT2D eigenvalue weighted by Gasteiger charge is -2.14. The predicted octanol–water partition coefficient (Wildman–Crippen LogP) is 2.03. The second-order valence-electron chi connectivity index (χ2n) is 5.40. The van der Waals surface area contributed by atoms with Gasteiger partial charge in [-0.1, -0.05) is 11.6 Å². The Morgan fingerprint density at radius 3 is 2.73 bits per heavy atom. The van der Waals surface area contributed by atoms with E-state index >= 15 is 0 Å². The summed E-state index contributed by atoms with van der Waals surface area (Å²) in [6.07, 6.45) is 0.361. The Labute approximate surface area is 153 Å². The molecule has 2 aromatic rings. The molecular weight excluding hydrogens is 366 g/mol. The Kier molecular flexibility index (Phi) is 5.88. The highest BCUT2D eigenvalue weighted by molar-refractivity contribution is 6.32. The molecule has 0 saturated carbocycles. The number of carbonyl (C=O) groups is 2. The summed E-state index contributed by atoms with van der Waals surface area (Å²) < 4.78 is 6.21. The van der Waals surface area contributed by atoms with E-state index in [1.807, 2.05) is 0 Å². The Bertz CT molecular complexity index is 866. The second-order valence-corrected chi connectivity index (χ2v) is 5.76. The molecule has 11 heteroatoms. The van der Waals surface area contributed by atoms with Gasteiger partial charge in [0.05, 0.1) is 10.6 Å². The van der Waals surface area contributed by atoms with E-state index in [-0.39, 0.29) is 34.5 Å². The predicted molar refractivity (Wildman–Crippen MR) is 91.8 cm³/mol. The summed E-state index contributed by atoms with van der Waals surface area (Å²) in [6.45, 7) is 3.99. The van der Waals surface area contributed by atoms with Gasteiger partial charge < -0.3 is 10.1 Å². The fraction of sp³-hybridized carbons (Fsp3) is 0.333. The molecule has 0 unspecified atom stereocenters. The van der Waals surface area contributed by atoms with E-state index in [2.05, 4.69) is 15.4 Å². The molecule has 0 aliphatic carbocycles. The summed E-state index contributed by atoms with van der Waals surface area (Å²) in [6, 6.07) is 3.14. The van der Waals surface area contributed by atoms with Crippen molar-refractivity contribution in [3.63, 3.8) is 0 Å². The minimum Gasteiger partial charge on any atom is -0.451 e. The first-order chi connectivity index (χ1) is 12.2. The fourth-order valence-corrected chi connectivity index (χ4v) is 2.40. The third kappa shape index (κ3) is 4.33. The van der Waals surface area contributed by atoms with Crippen molar-refractivity contribution >= 4 is 34.9 Å². The summed E-state index contributed by atoms with van der Waals surface area (Å²) in [7, 11) is 0. The fourth-order valence-electron chi connectivity index (χ4n) is 2.23. The van der Waals surface area contributed by atoms with Crippen LogP contribution in [0.3, 0.4) is 0 Å². The monoisotopic (exact) mass is 381 g/mol. The standard InChI is InChI=1S/C15H16ClN5O5/c1-8-13(21(24)25)9(2)20(19-8)7-12(22)26-10(3)15(23)18-11-5-4-6-17-14(11)16/h4-6,10H,7H2,1-3H3,(H,18,23)/t10-/m0/s1. The van der Waals surface area contributed by atoms with Crippen LogP contribution < -0.4 is 5.32 Å². The van der Waals surface area contributed by atoms with Crippen LogP contribution in [0.4, 0.5) is 11.4 Å². The highest BCUT2D eigenvalue weighted by atomic mass is 35.5. The van der Waals surface area contributed by atoms with Crippen molar-refractivity contribution in [3.05, 3.63) is 45.0 Å². The number of hydrogen-bond donors (Lipinski definition) is 1. The minimum absolute atomic E-state index is 0.106. The molecule has 2 rings (SSSR count). The van der Waals surface area contributed by atoms with Gasteiger partial charge in [-0.15, -0.1) is 0 Å². The molecule has 2 aromatic heterocycles. The second kappa shape index (κ2) is 7.91. The zero-order valence-electron chi connectivity index (χ0n) is 14.2. The maximum atomic E-state index is 12.1. The van der Waals surface area contributed by atoms with Gasteiger partial charge >= 0.3 is 11.7 Å². The van der Waals surface area contributed by atoms with E-state index in [4.69, 9.17) is 16.3 Å². The van der Waals surface area contributed by atoms with Crippen LogP contribution in [0.2, 0.25) is 5.15 Å². The lowest BCUT2D eigenvalue weighted by molar-refractivity contribution is -0.386. The number of aryl methyl sites for hydroxylation is 1. The smallest absolute Gasteiger partial charge is 0.328 e. The molecule has 0 fully saturated rings. The molecule has 0 radical (unpaired) electrons. The number of nitro groups is 1. The zero-order chi connectivity index (χ0) is 19.4. The van der Waals surface area contributed by atoms with E-state index < -0.39 is 22.9 Å². The van der Waals surface area contributed by atoms with Gasteiger partial charge in [-0.2, -0.15) is 5.10 Å². The molecule has 0 bridgehead atoms. The summed E-state index contributed by atoms with van der Waals surface area (Å²) in [4.78, 5) is 38.3. The number of esters is 1. The molecule has 1 amide bonds. The highest BCUT2D eigenvalue weighted by Crippen LogP contribution is 2.22. The minimum atomic E-state index is -1.11. The van der Waals surface area contributed by atoms with Crippen LogP contribution in [-0.2, 0) is 20.9 Å². The van der Waals surface area contributed by atoms with Crippen LogP contribution in [0, 0.1) is 24.0 Å². The molecule has 0 aliphatic heterocycles. The number of ether oxygens (including phenoxy) is 1. The first-order valence-corrected chi connectivity index (χ1v) is 7.87. The lowest BCUT2D eigenvalue weighted by Crippen LogP contribution is -2.31. The van der Waals surface area contributed by atoms with Gasteiger partial charge in [0.1, 0.15) is 17.9 Å². The number of hydrogen-bond acceptors (Lipinski definition) is 7. The van der Waals surface area contributed by atoms with Crippen molar-refractivity contribution in [2.45, 2.75) is 33.4 Å². The summed E-state index contributed by atoms with van der Waals surface area (Å²) in [5.41, 5.74) is 0.548. The zero-order valence-corrected chi connectivity index (χ0v) is 15.0. The Hall–Kier alpha value is -3.01. The first kappa shape index (κ1) is 19.3. The Morgan fingerprint density at radius 2 is 2.15 bits per heavy atom. The van der Waals surface area contributed by atoms with Crippen molar-refractivity contribution in [3.8, 4) is 0 Å². The molecule has 0 aromatic carbocycles. The third-order valence-corrected chi connectivity index (χ3v) is 3.80. The normalized spacial score (nSPS) is 11.7. The van der Waals surface area contributed by atoms with Gasteiger partial charge in [0.25, 0.3) is 5.91 Å². The molecular formula is C15H16ClN5O5. The Morgan fingerprint density at radius 1 is 1.46 bits per heavy atom. The molecule has 138 valence electrons. The van der Waals surface area contributed by atoms with Gasteiger partial charge in [0.15, 0.2) is 11.3 Å². The molecule has 1 N–H and O–H groups in total. The van der Waals surface area contributed by atoms with Gasteiger partial charge in [0.2, 0.25) is 0 Å². The van der Waals surface area contributed by atoms with Crippen molar-refractivity contribution < 1.29 is 19.2 Å². The average Bonchev–Trinajstić information content (AvgIpc) is 2.83. The SMILES string of the molecule is Cc1nn(CC(=O)O[C@@H](C)C(=O)Nc2cccnc2Cl)c(C)c1[N+](=O)[O-]. The van der Waals surface area contributed by atoms with Crippen molar-refractivity contribution in [1.29, 1.82) is 0 Å². The first-order valence-electron chi connectivity index (χ1n) is 7.50. The molecule has 0 aliphatic rings. The van der Waals surface area contributed by atoms with Crippen molar-refractivity contribution in [2.24, 2.45) is 0 Å². The summed E-state index contributed by atoms with van der Waals surface area (Å²) in [5, 5.41) is 17.5. The third-order valence-electron chi connectivity index (χ3n) is 3.50. The van der Waals surface area contributed by atoms with Crippen LogP contribution in [0.5, 0.6) is 0 Å². The quantitative estimate of drug-likeness (QED) is 0.350. The number of carbonyl (C=O) groups excluding carboxylic acids is 2. The van der Waals surface area contributed by atoms with Crippen LogP contribution in [0.1, 0.15) is 18.3 Å².